The molecular weight excluding hydrogens is 230 g/mol. The van der Waals surface area contributed by atoms with E-state index in [9.17, 15) is 0 Å². The highest BCUT2D eigenvalue weighted by atomic mass is 16.5. The average Bonchev–Trinajstić information content (AvgIpc) is 2.40. The van der Waals surface area contributed by atoms with Crippen molar-refractivity contribution < 1.29 is 14.9 Å². The Morgan fingerprint density at radius 3 is 2.28 bits per heavy atom. The number of aliphatic hydroxyl groups is 2. The monoisotopic (exact) mass is 257 g/mol. The summed E-state index contributed by atoms with van der Waals surface area (Å²) in [5, 5.41) is 17.7. The summed E-state index contributed by atoms with van der Waals surface area (Å²) in [6.07, 6.45) is 10.7. The quantitative estimate of drug-likeness (QED) is 0.484. The van der Waals surface area contributed by atoms with Crippen LogP contribution in [0.25, 0.3) is 0 Å². The van der Waals surface area contributed by atoms with Gasteiger partial charge in [0.05, 0.1) is 26.1 Å². The lowest BCUT2D eigenvalue weighted by atomic mass is 9.89. The molecule has 1 aliphatic rings. The molecule has 1 saturated carbocycles. The van der Waals surface area contributed by atoms with Crippen LogP contribution in [0.4, 0.5) is 0 Å². The summed E-state index contributed by atoms with van der Waals surface area (Å²) >= 11 is 0. The maximum atomic E-state index is 8.86. The van der Waals surface area contributed by atoms with E-state index in [-0.39, 0.29) is 13.2 Å². The molecule has 0 amide bonds. The Labute approximate surface area is 110 Å². The van der Waals surface area contributed by atoms with Crippen LogP contribution in [0.5, 0.6) is 0 Å². The minimum absolute atomic E-state index is 0.123. The largest absolute Gasteiger partial charge is 0.500 e. The molecule has 0 aromatic rings. The average molecular weight is 257 g/mol. The van der Waals surface area contributed by atoms with E-state index in [0.29, 0.717) is 25.6 Å². The normalized spacial score (nSPS) is 17.7. The lowest BCUT2D eigenvalue weighted by molar-refractivity contribution is 0.129. The summed E-state index contributed by atoms with van der Waals surface area (Å²) in [6, 6.07) is 0. The lowest BCUT2D eigenvalue weighted by Gasteiger charge is -2.20. The zero-order chi connectivity index (χ0) is 13.1. The van der Waals surface area contributed by atoms with Gasteiger partial charge < -0.3 is 14.9 Å². The maximum absolute atomic E-state index is 8.86. The second-order valence-electron chi connectivity index (χ2n) is 4.89. The molecule has 1 fully saturated rings. The summed E-state index contributed by atoms with van der Waals surface area (Å²) < 4.78 is 5.47. The molecule has 106 valence electrons. The topological polar surface area (TPSA) is 52.9 Å². The molecule has 0 saturated heterocycles. The SMILES string of the molecule is OCCN(CCO)CCOC=CC1CCCCC1. The first-order chi connectivity index (χ1) is 8.86. The van der Waals surface area contributed by atoms with E-state index in [1.165, 1.54) is 32.1 Å². The van der Waals surface area contributed by atoms with Crippen molar-refractivity contribution in [2.24, 2.45) is 5.92 Å². The van der Waals surface area contributed by atoms with Crippen molar-refractivity contribution >= 4 is 0 Å². The van der Waals surface area contributed by atoms with E-state index >= 15 is 0 Å². The molecule has 0 unspecified atom stereocenters. The first kappa shape index (κ1) is 15.5. The van der Waals surface area contributed by atoms with Gasteiger partial charge in [0.2, 0.25) is 0 Å². The Bertz CT molecular complexity index is 209. The van der Waals surface area contributed by atoms with Gasteiger partial charge in [-0.3, -0.25) is 4.90 Å². The van der Waals surface area contributed by atoms with Gasteiger partial charge in [0.1, 0.15) is 0 Å². The number of nitrogens with zero attached hydrogens (tertiary/aromatic N) is 1. The van der Waals surface area contributed by atoms with Gasteiger partial charge in [-0.05, 0) is 24.8 Å². The van der Waals surface area contributed by atoms with Gasteiger partial charge in [0, 0.05) is 19.6 Å². The molecule has 0 spiro atoms. The number of hydrogen-bond donors (Lipinski definition) is 2. The Morgan fingerprint density at radius 1 is 1.00 bits per heavy atom. The molecule has 1 aliphatic carbocycles. The minimum atomic E-state index is 0.123. The third-order valence-corrected chi connectivity index (χ3v) is 3.45. The number of aliphatic hydroxyl groups excluding tert-OH is 2. The Kier molecular flexibility index (Phi) is 8.90. The first-order valence-corrected chi connectivity index (χ1v) is 7.09. The van der Waals surface area contributed by atoms with Crippen molar-refractivity contribution in [2.75, 3.05) is 39.5 Å². The van der Waals surface area contributed by atoms with Crippen molar-refractivity contribution in [3.8, 4) is 0 Å². The number of ether oxygens (including phenoxy) is 1. The van der Waals surface area contributed by atoms with Crippen molar-refractivity contribution in [1.29, 1.82) is 0 Å². The molecule has 0 bridgehead atoms. The zero-order valence-corrected chi connectivity index (χ0v) is 11.3. The van der Waals surface area contributed by atoms with Gasteiger partial charge in [-0.25, -0.2) is 0 Å². The maximum Gasteiger partial charge on any atom is 0.1000 e. The summed E-state index contributed by atoms with van der Waals surface area (Å²) in [5.41, 5.74) is 0. The van der Waals surface area contributed by atoms with E-state index < -0.39 is 0 Å². The molecule has 0 atom stereocenters. The third kappa shape index (κ3) is 6.99. The molecular formula is C14H27NO3. The molecule has 0 radical (unpaired) electrons. The van der Waals surface area contributed by atoms with Crippen LogP contribution in [0, 0.1) is 5.92 Å². The molecule has 4 heteroatoms. The van der Waals surface area contributed by atoms with E-state index in [1.54, 1.807) is 0 Å². The minimum Gasteiger partial charge on any atom is -0.500 e. The van der Waals surface area contributed by atoms with Gasteiger partial charge in [-0.1, -0.05) is 19.3 Å². The Morgan fingerprint density at radius 2 is 1.67 bits per heavy atom. The smallest absolute Gasteiger partial charge is 0.1000 e. The molecule has 4 nitrogen and oxygen atoms in total. The van der Waals surface area contributed by atoms with Crippen LogP contribution in [0.3, 0.4) is 0 Å². The van der Waals surface area contributed by atoms with Crippen LogP contribution < -0.4 is 0 Å². The van der Waals surface area contributed by atoms with Crippen LogP contribution in [0.15, 0.2) is 12.3 Å². The van der Waals surface area contributed by atoms with E-state index in [2.05, 4.69) is 6.08 Å². The third-order valence-electron chi connectivity index (χ3n) is 3.45. The second kappa shape index (κ2) is 10.4. The highest BCUT2D eigenvalue weighted by molar-refractivity contribution is 4.85. The number of allylic oxidation sites excluding steroid dienone is 1. The molecule has 2 N–H and O–H groups in total. The van der Waals surface area contributed by atoms with Crippen molar-refractivity contribution in [1.82, 2.24) is 4.90 Å². The van der Waals surface area contributed by atoms with E-state index in [0.717, 1.165) is 6.54 Å². The van der Waals surface area contributed by atoms with Gasteiger partial charge in [0.15, 0.2) is 0 Å². The van der Waals surface area contributed by atoms with Gasteiger partial charge in [0.25, 0.3) is 0 Å². The number of hydrogen-bond acceptors (Lipinski definition) is 4. The first-order valence-electron chi connectivity index (χ1n) is 7.09. The zero-order valence-electron chi connectivity index (χ0n) is 11.3. The fourth-order valence-electron chi connectivity index (χ4n) is 2.36. The van der Waals surface area contributed by atoms with Crippen molar-refractivity contribution in [3.63, 3.8) is 0 Å². The van der Waals surface area contributed by atoms with Crippen LogP contribution in [0.1, 0.15) is 32.1 Å². The molecule has 0 aromatic carbocycles. The van der Waals surface area contributed by atoms with Gasteiger partial charge >= 0.3 is 0 Å². The lowest BCUT2D eigenvalue weighted by Crippen LogP contribution is -2.32. The highest BCUT2D eigenvalue weighted by Gasteiger charge is 2.09. The highest BCUT2D eigenvalue weighted by Crippen LogP contribution is 2.24. The van der Waals surface area contributed by atoms with Crippen LogP contribution in [-0.4, -0.2) is 54.6 Å². The summed E-state index contributed by atoms with van der Waals surface area (Å²) in [4.78, 5) is 1.99. The number of rotatable bonds is 9. The predicted molar refractivity (Wildman–Crippen MR) is 72.3 cm³/mol. The van der Waals surface area contributed by atoms with Crippen LogP contribution in [-0.2, 0) is 4.74 Å². The molecule has 0 aromatic heterocycles. The fraction of sp³-hybridized carbons (Fsp3) is 0.857. The molecule has 18 heavy (non-hydrogen) atoms. The summed E-state index contributed by atoms with van der Waals surface area (Å²) in [5.74, 6) is 0.699. The Balaban J connectivity index is 2.06. The summed E-state index contributed by atoms with van der Waals surface area (Å²) in [6.45, 7) is 2.79. The second-order valence-corrected chi connectivity index (χ2v) is 4.89. The summed E-state index contributed by atoms with van der Waals surface area (Å²) in [7, 11) is 0. The van der Waals surface area contributed by atoms with E-state index in [1.807, 2.05) is 11.2 Å². The fourth-order valence-corrected chi connectivity index (χ4v) is 2.36. The van der Waals surface area contributed by atoms with Crippen molar-refractivity contribution in [3.05, 3.63) is 12.3 Å². The standard InChI is InChI=1S/C14H27NO3/c16-10-7-15(8-11-17)9-13-18-12-6-14-4-2-1-3-5-14/h6,12,14,16-17H,1-5,7-11,13H2. The molecule has 1 rings (SSSR count). The van der Waals surface area contributed by atoms with Gasteiger partial charge in [-0.2, -0.15) is 0 Å². The molecule has 0 aliphatic heterocycles. The van der Waals surface area contributed by atoms with Crippen LogP contribution >= 0.6 is 0 Å². The predicted octanol–water partition coefficient (Wildman–Crippen LogP) is 1.38. The Hall–Kier alpha value is -0.580. The van der Waals surface area contributed by atoms with Crippen LogP contribution in [0.2, 0.25) is 0 Å². The van der Waals surface area contributed by atoms with Crippen molar-refractivity contribution in [2.45, 2.75) is 32.1 Å². The van der Waals surface area contributed by atoms with E-state index in [4.69, 9.17) is 14.9 Å². The molecule has 0 heterocycles. The van der Waals surface area contributed by atoms with Gasteiger partial charge in [-0.15, -0.1) is 0 Å².